The Morgan fingerprint density at radius 2 is 2.14 bits per heavy atom. The van der Waals surface area contributed by atoms with Crippen LogP contribution in [0.5, 0.6) is 0 Å². The second kappa shape index (κ2) is 7.40. The van der Waals surface area contributed by atoms with Gasteiger partial charge in [0.25, 0.3) is 0 Å². The summed E-state index contributed by atoms with van der Waals surface area (Å²) in [6, 6.07) is 0. The normalized spacial score (nSPS) is 16.6. The summed E-state index contributed by atoms with van der Waals surface area (Å²) in [7, 11) is 0. The first-order chi connectivity index (χ1) is 6.83. The van der Waals surface area contributed by atoms with Crippen molar-refractivity contribution in [2.45, 2.75) is 18.9 Å². The standard InChI is InChI=1S/C10H17BrO3/c11-4-1-5-13-7-10(12)8-14-6-9-2-3-9/h2,10,12H,1,3-8H2. The van der Waals surface area contributed by atoms with Gasteiger partial charge in [0.1, 0.15) is 6.10 Å². The van der Waals surface area contributed by atoms with E-state index in [2.05, 4.69) is 22.0 Å². The molecule has 0 amide bonds. The molecule has 0 radical (unpaired) electrons. The van der Waals surface area contributed by atoms with Crippen LogP contribution in [0.1, 0.15) is 12.8 Å². The van der Waals surface area contributed by atoms with E-state index in [-0.39, 0.29) is 0 Å². The minimum absolute atomic E-state index is 0.367. The maximum Gasteiger partial charge on any atom is 0.101 e. The van der Waals surface area contributed by atoms with Crippen LogP contribution in [0, 0.1) is 0 Å². The third-order valence-electron chi connectivity index (χ3n) is 1.82. The molecule has 1 unspecified atom stereocenters. The summed E-state index contributed by atoms with van der Waals surface area (Å²) in [5.74, 6) is 0. The number of alkyl halides is 1. The van der Waals surface area contributed by atoms with E-state index in [9.17, 15) is 5.11 Å². The summed E-state index contributed by atoms with van der Waals surface area (Å²) in [5, 5.41) is 10.3. The van der Waals surface area contributed by atoms with Gasteiger partial charge in [-0.15, -0.1) is 0 Å². The van der Waals surface area contributed by atoms with Crippen molar-refractivity contribution in [1.82, 2.24) is 0 Å². The third kappa shape index (κ3) is 6.54. The van der Waals surface area contributed by atoms with E-state index in [1.165, 1.54) is 5.57 Å². The first-order valence-electron chi connectivity index (χ1n) is 4.90. The Morgan fingerprint density at radius 1 is 1.43 bits per heavy atom. The molecule has 0 spiro atoms. The van der Waals surface area contributed by atoms with Gasteiger partial charge in [-0.2, -0.15) is 0 Å². The highest BCUT2D eigenvalue weighted by molar-refractivity contribution is 9.09. The van der Waals surface area contributed by atoms with Gasteiger partial charge in [-0.05, 0) is 18.4 Å². The summed E-state index contributed by atoms with van der Waals surface area (Å²) >= 11 is 3.31. The number of allylic oxidation sites excluding steroid dienone is 1. The van der Waals surface area contributed by atoms with Gasteiger partial charge in [-0.25, -0.2) is 0 Å². The molecule has 4 heteroatoms. The lowest BCUT2D eigenvalue weighted by Gasteiger charge is -2.10. The van der Waals surface area contributed by atoms with Crippen molar-refractivity contribution in [3.8, 4) is 0 Å². The molecule has 14 heavy (non-hydrogen) atoms. The van der Waals surface area contributed by atoms with Crippen LogP contribution < -0.4 is 0 Å². The molecular weight excluding hydrogens is 248 g/mol. The molecule has 0 saturated carbocycles. The van der Waals surface area contributed by atoms with Crippen molar-refractivity contribution in [2.24, 2.45) is 0 Å². The zero-order valence-corrected chi connectivity index (χ0v) is 9.83. The van der Waals surface area contributed by atoms with Crippen LogP contribution in [0.2, 0.25) is 0 Å². The molecule has 0 saturated heterocycles. The van der Waals surface area contributed by atoms with Crippen LogP contribution in [0.3, 0.4) is 0 Å². The smallest absolute Gasteiger partial charge is 0.101 e. The van der Waals surface area contributed by atoms with E-state index < -0.39 is 6.10 Å². The van der Waals surface area contributed by atoms with E-state index in [4.69, 9.17) is 9.47 Å². The minimum atomic E-state index is -0.496. The highest BCUT2D eigenvalue weighted by Crippen LogP contribution is 2.17. The van der Waals surface area contributed by atoms with Crippen LogP contribution in [0.15, 0.2) is 11.6 Å². The number of aliphatic hydroxyl groups excluding tert-OH is 1. The Hall–Kier alpha value is 0.100. The lowest BCUT2D eigenvalue weighted by Crippen LogP contribution is -2.22. The van der Waals surface area contributed by atoms with E-state index in [0.29, 0.717) is 26.4 Å². The topological polar surface area (TPSA) is 38.7 Å². The summed E-state index contributed by atoms with van der Waals surface area (Å²) < 4.78 is 10.5. The summed E-state index contributed by atoms with van der Waals surface area (Å²) in [4.78, 5) is 0. The first kappa shape index (κ1) is 12.2. The lowest BCUT2D eigenvalue weighted by molar-refractivity contribution is -0.0133. The van der Waals surface area contributed by atoms with Gasteiger partial charge < -0.3 is 14.6 Å². The fourth-order valence-corrected chi connectivity index (χ4v) is 1.17. The maximum atomic E-state index is 9.40. The molecule has 1 atom stereocenters. The highest BCUT2D eigenvalue weighted by atomic mass is 79.9. The zero-order valence-electron chi connectivity index (χ0n) is 8.25. The molecule has 0 fully saturated rings. The Kier molecular flexibility index (Phi) is 6.43. The van der Waals surface area contributed by atoms with E-state index in [1.54, 1.807) is 0 Å². The number of hydrogen-bond acceptors (Lipinski definition) is 3. The molecule has 1 aliphatic carbocycles. The van der Waals surface area contributed by atoms with Gasteiger partial charge in [0.05, 0.1) is 19.8 Å². The molecule has 0 aromatic heterocycles. The van der Waals surface area contributed by atoms with Gasteiger partial charge in [-0.3, -0.25) is 0 Å². The molecule has 1 rings (SSSR count). The minimum Gasteiger partial charge on any atom is -0.388 e. The molecule has 82 valence electrons. The molecular formula is C10H17BrO3. The molecule has 0 bridgehead atoms. The maximum absolute atomic E-state index is 9.40. The van der Waals surface area contributed by atoms with Crippen LogP contribution >= 0.6 is 15.9 Å². The van der Waals surface area contributed by atoms with Gasteiger partial charge in [-0.1, -0.05) is 22.0 Å². The van der Waals surface area contributed by atoms with E-state index >= 15 is 0 Å². The van der Waals surface area contributed by atoms with Crippen LogP contribution in [0.25, 0.3) is 0 Å². The van der Waals surface area contributed by atoms with Crippen LogP contribution in [-0.2, 0) is 9.47 Å². The van der Waals surface area contributed by atoms with Crippen molar-refractivity contribution in [3.63, 3.8) is 0 Å². The molecule has 1 aliphatic rings. The first-order valence-corrected chi connectivity index (χ1v) is 6.02. The fraction of sp³-hybridized carbons (Fsp3) is 0.800. The predicted octanol–water partition coefficient (Wildman–Crippen LogP) is 1.50. The summed E-state index contributed by atoms with van der Waals surface area (Å²) in [6.07, 6.45) is 3.68. The van der Waals surface area contributed by atoms with Gasteiger partial charge in [0, 0.05) is 11.9 Å². The second-order valence-corrected chi connectivity index (χ2v) is 4.15. The third-order valence-corrected chi connectivity index (χ3v) is 2.38. The molecule has 0 aromatic carbocycles. The molecule has 0 aliphatic heterocycles. The van der Waals surface area contributed by atoms with Gasteiger partial charge in [0.15, 0.2) is 0 Å². The Morgan fingerprint density at radius 3 is 2.79 bits per heavy atom. The van der Waals surface area contributed by atoms with Gasteiger partial charge >= 0.3 is 0 Å². The van der Waals surface area contributed by atoms with Gasteiger partial charge in [0.2, 0.25) is 0 Å². The predicted molar refractivity (Wildman–Crippen MR) is 58.8 cm³/mol. The summed E-state index contributed by atoms with van der Waals surface area (Å²) in [5.41, 5.74) is 1.33. The Balaban J connectivity index is 1.82. The van der Waals surface area contributed by atoms with Crippen molar-refractivity contribution < 1.29 is 14.6 Å². The largest absolute Gasteiger partial charge is 0.388 e. The average molecular weight is 265 g/mol. The number of halogens is 1. The van der Waals surface area contributed by atoms with Crippen molar-refractivity contribution in [3.05, 3.63) is 11.6 Å². The number of hydrogen-bond donors (Lipinski definition) is 1. The Bertz CT molecular complexity index is 182. The number of ether oxygens (including phenoxy) is 2. The zero-order chi connectivity index (χ0) is 10.2. The Labute approximate surface area is 93.2 Å². The van der Waals surface area contributed by atoms with Crippen LogP contribution in [-0.4, -0.2) is 43.0 Å². The lowest BCUT2D eigenvalue weighted by atomic mass is 10.4. The van der Waals surface area contributed by atoms with Crippen molar-refractivity contribution in [1.29, 1.82) is 0 Å². The van der Waals surface area contributed by atoms with E-state index in [1.807, 2.05) is 0 Å². The number of rotatable bonds is 9. The quantitative estimate of drug-likeness (QED) is 0.390. The molecule has 3 nitrogen and oxygen atoms in total. The summed E-state index contributed by atoms with van der Waals surface area (Å²) in [6.45, 7) is 2.09. The van der Waals surface area contributed by atoms with E-state index in [0.717, 1.165) is 18.2 Å². The molecule has 1 N–H and O–H groups in total. The van der Waals surface area contributed by atoms with Crippen molar-refractivity contribution >= 4 is 15.9 Å². The average Bonchev–Trinajstić information content (AvgIpc) is 2.96. The van der Waals surface area contributed by atoms with Crippen molar-refractivity contribution in [2.75, 3.05) is 31.8 Å². The number of aliphatic hydroxyl groups is 1. The molecule has 0 heterocycles. The SMILES string of the molecule is OC(COCCCBr)COCC1=CC1. The van der Waals surface area contributed by atoms with Crippen LogP contribution in [0.4, 0.5) is 0 Å². The fourth-order valence-electron chi connectivity index (χ4n) is 0.940. The second-order valence-electron chi connectivity index (χ2n) is 3.35. The highest BCUT2D eigenvalue weighted by Gasteiger charge is 2.09. The molecule has 0 aromatic rings. The monoisotopic (exact) mass is 264 g/mol.